The Morgan fingerprint density at radius 2 is 2.38 bits per heavy atom. The molecule has 0 aliphatic carbocycles. The molecule has 1 saturated heterocycles. The molecule has 1 fully saturated rings. The molecule has 1 aliphatic heterocycles. The molecule has 1 heterocycles. The normalized spacial score (nSPS) is 19.7. The van der Waals surface area contributed by atoms with Crippen LogP contribution in [0.3, 0.4) is 0 Å². The lowest BCUT2D eigenvalue weighted by atomic mass is 10.2. The van der Waals surface area contributed by atoms with E-state index in [2.05, 4.69) is 26.6 Å². The number of rotatable bonds is 3. The monoisotopic (exact) mass is 285 g/mol. The Kier molecular flexibility index (Phi) is 3.40. The predicted molar refractivity (Wildman–Crippen MR) is 65.7 cm³/mol. The highest BCUT2D eigenvalue weighted by atomic mass is 79.9. The number of nitro groups is 1. The molecule has 0 radical (unpaired) electrons. The number of halogens is 1. The summed E-state index contributed by atoms with van der Waals surface area (Å²) in [6.45, 7) is 1.81. The van der Waals surface area contributed by atoms with Gasteiger partial charge >= 0.3 is 0 Å². The Morgan fingerprint density at radius 1 is 1.56 bits per heavy atom. The standard InChI is InChI=1S/C10H12BrN3O2/c11-7-1-2-10(14(15)16)9(5-7)13-8-3-4-12-6-8/h1-2,5,8,12-13H,3-4,6H2. The highest BCUT2D eigenvalue weighted by Crippen LogP contribution is 2.28. The summed E-state index contributed by atoms with van der Waals surface area (Å²) in [6.07, 6.45) is 0.990. The Morgan fingerprint density at radius 3 is 3.00 bits per heavy atom. The largest absolute Gasteiger partial charge is 0.375 e. The molecule has 5 nitrogen and oxygen atoms in total. The molecular formula is C10H12BrN3O2. The molecule has 0 spiro atoms. The zero-order chi connectivity index (χ0) is 11.5. The van der Waals surface area contributed by atoms with Crippen molar-refractivity contribution in [1.82, 2.24) is 5.32 Å². The lowest BCUT2D eigenvalue weighted by Crippen LogP contribution is -2.22. The van der Waals surface area contributed by atoms with Crippen molar-refractivity contribution in [2.75, 3.05) is 18.4 Å². The summed E-state index contributed by atoms with van der Waals surface area (Å²) in [5.41, 5.74) is 0.697. The van der Waals surface area contributed by atoms with Crippen LogP contribution in [0.2, 0.25) is 0 Å². The lowest BCUT2D eigenvalue weighted by molar-refractivity contribution is -0.384. The summed E-state index contributed by atoms with van der Waals surface area (Å²) in [5.74, 6) is 0. The van der Waals surface area contributed by atoms with Crippen LogP contribution in [0.15, 0.2) is 22.7 Å². The zero-order valence-corrected chi connectivity index (χ0v) is 10.2. The maximum absolute atomic E-state index is 10.8. The molecule has 0 amide bonds. The van der Waals surface area contributed by atoms with E-state index in [1.165, 1.54) is 6.07 Å². The van der Waals surface area contributed by atoms with E-state index in [0.717, 1.165) is 24.0 Å². The summed E-state index contributed by atoms with van der Waals surface area (Å²) >= 11 is 3.32. The van der Waals surface area contributed by atoms with Crippen LogP contribution >= 0.6 is 15.9 Å². The van der Waals surface area contributed by atoms with E-state index >= 15 is 0 Å². The van der Waals surface area contributed by atoms with Gasteiger partial charge in [-0.15, -0.1) is 0 Å². The quantitative estimate of drug-likeness (QED) is 0.660. The molecule has 1 aromatic rings. The first-order chi connectivity index (χ1) is 7.66. The maximum Gasteiger partial charge on any atom is 0.292 e. The zero-order valence-electron chi connectivity index (χ0n) is 8.57. The van der Waals surface area contributed by atoms with Crippen molar-refractivity contribution in [3.8, 4) is 0 Å². The minimum Gasteiger partial charge on any atom is -0.375 e. The first-order valence-corrected chi connectivity index (χ1v) is 5.87. The van der Waals surface area contributed by atoms with Crippen molar-refractivity contribution >= 4 is 27.3 Å². The highest BCUT2D eigenvalue weighted by Gasteiger charge is 2.19. The van der Waals surface area contributed by atoms with Gasteiger partial charge in [0.25, 0.3) is 5.69 Å². The Labute approximate surface area is 102 Å². The van der Waals surface area contributed by atoms with Crippen molar-refractivity contribution in [1.29, 1.82) is 0 Å². The first-order valence-electron chi connectivity index (χ1n) is 5.08. The SMILES string of the molecule is O=[N+]([O-])c1ccc(Br)cc1NC1CCNC1. The number of nitrogens with one attached hydrogen (secondary N) is 2. The molecule has 86 valence electrons. The fourth-order valence-electron chi connectivity index (χ4n) is 1.78. The number of hydrogen-bond acceptors (Lipinski definition) is 4. The third kappa shape index (κ3) is 2.51. The first kappa shape index (κ1) is 11.3. The third-order valence-electron chi connectivity index (χ3n) is 2.58. The van der Waals surface area contributed by atoms with E-state index in [1.54, 1.807) is 12.1 Å². The van der Waals surface area contributed by atoms with E-state index in [0.29, 0.717) is 5.69 Å². The van der Waals surface area contributed by atoms with Crippen LogP contribution in [0.25, 0.3) is 0 Å². The van der Waals surface area contributed by atoms with Gasteiger partial charge in [0.2, 0.25) is 0 Å². The van der Waals surface area contributed by atoms with Gasteiger partial charge in [0.1, 0.15) is 5.69 Å². The van der Waals surface area contributed by atoms with E-state index < -0.39 is 0 Å². The van der Waals surface area contributed by atoms with Gasteiger partial charge in [-0.1, -0.05) is 15.9 Å². The van der Waals surface area contributed by atoms with Crippen molar-refractivity contribution in [3.63, 3.8) is 0 Å². The molecule has 0 aromatic heterocycles. The minimum atomic E-state index is -0.364. The second-order valence-electron chi connectivity index (χ2n) is 3.75. The van der Waals surface area contributed by atoms with Gasteiger partial charge < -0.3 is 10.6 Å². The van der Waals surface area contributed by atoms with Gasteiger partial charge in [0.05, 0.1) is 4.92 Å². The van der Waals surface area contributed by atoms with Gasteiger partial charge in [-0.2, -0.15) is 0 Å². The van der Waals surface area contributed by atoms with Crippen molar-refractivity contribution in [2.24, 2.45) is 0 Å². The molecular weight excluding hydrogens is 274 g/mol. The maximum atomic E-state index is 10.8. The summed E-state index contributed by atoms with van der Waals surface area (Å²) < 4.78 is 0.839. The van der Waals surface area contributed by atoms with E-state index in [9.17, 15) is 10.1 Å². The van der Waals surface area contributed by atoms with Crippen LogP contribution in [0.5, 0.6) is 0 Å². The van der Waals surface area contributed by atoms with E-state index in [-0.39, 0.29) is 16.7 Å². The summed E-state index contributed by atoms with van der Waals surface area (Å²) in [7, 11) is 0. The molecule has 6 heteroatoms. The highest BCUT2D eigenvalue weighted by molar-refractivity contribution is 9.10. The fourth-order valence-corrected chi connectivity index (χ4v) is 2.14. The molecule has 1 aromatic carbocycles. The van der Waals surface area contributed by atoms with Crippen LogP contribution in [0, 0.1) is 10.1 Å². The molecule has 1 atom stereocenters. The van der Waals surface area contributed by atoms with Crippen molar-refractivity contribution in [3.05, 3.63) is 32.8 Å². The average Bonchev–Trinajstić information content (AvgIpc) is 2.70. The molecule has 1 unspecified atom stereocenters. The van der Waals surface area contributed by atoms with Gasteiger partial charge in [-0.25, -0.2) is 0 Å². The van der Waals surface area contributed by atoms with E-state index in [1.807, 2.05) is 0 Å². The van der Waals surface area contributed by atoms with Crippen molar-refractivity contribution in [2.45, 2.75) is 12.5 Å². The molecule has 1 aliphatic rings. The number of nitrogens with zero attached hydrogens (tertiary/aromatic N) is 1. The summed E-state index contributed by atoms with van der Waals surface area (Å²) in [5, 5.41) is 17.3. The predicted octanol–water partition coefficient (Wildman–Crippen LogP) is 2.13. The van der Waals surface area contributed by atoms with Gasteiger partial charge in [0, 0.05) is 23.1 Å². The van der Waals surface area contributed by atoms with Crippen LogP contribution in [0.1, 0.15) is 6.42 Å². The molecule has 2 rings (SSSR count). The van der Waals surface area contributed by atoms with Crippen LogP contribution in [-0.2, 0) is 0 Å². The molecule has 0 bridgehead atoms. The summed E-state index contributed by atoms with van der Waals surface area (Å²) in [4.78, 5) is 10.5. The number of nitro benzene ring substituents is 1. The van der Waals surface area contributed by atoms with Gasteiger partial charge in [0.15, 0.2) is 0 Å². The van der Waals surface area contributed by atoms with Crippen molar-refractivity contribution < 1.29 is 4.92 Å². The van der Waals surface area contributed by atoms with E-state index in [4.69, 9.17) is 0 Å². The topological polar surface area (TPSA) is 67.2 Å². The smallest absolute Gasteiger partial charge is 0.292 e. The molecule has 0 saturated carbocycles. The lowest BCUT2D eigenvalue weighted by Gasteiger charge is -2.13. The minimum absolute atomic E-state index is 0.120. The van der Waals surface area contributed by atoms with Gasteiger partial charge in [-0.3, -0.25) is 10.1 Å². The average molecular weight is 286 g/mol. The van der Waals surface area contributed by atoms with Gasteiger partial charge in [-0.05, 0) is 25.1 Å². The number of anilines is 1. The molecule has 2 N–H and O–H groups in total. The second kappa shape index (κ2) is 4.80. The Hall–Kier alpha value is -1.14. The third-order valence-corrected chi connectivity index (χ3v) is 3.07. The fraction of sp³-hybridized carbons (Fsp3) is 0.400. The Bertz CT molecular complexity index is 405. The number of benzene rings is 1. The van der Waals surface area contributed by atoms with Crippen LogP contribution in [-0.4, -0.2) is 24.1 Å². The second-order valence-corrected chi connectivity index (χ2v) is 4.67. The van der Waals surface area contributed by atoms with Crippen LogP contribution in [0.4, 0.5) is 11.4 Å². The Balaban J connectivity index is 2.22. The number of hydrogen-bond donors (Lipinski definition) is 2. The summed E-state index contributed by atoms with van der Waals surface area (Å²) in [6, 6.07) is 5.20. The van der Waals surface area contributed by atoms with Crippen LogP contribution < -0.4 is 10.6 Å². The molecule has 16 heavy (non-hydrogen) atoms.